The van der Waals surface area contributed by atoms with Crippen LogP contribution in [-0.2, 0) is 4.74 Å². The molecular weight excluding hydrogens is 200 g/mol. The number of rotatable bonds is 5. The largest absolute Gasteiger partial charge is 0.381 e. The minimum Gasteiger partial charge on any atom is -0.381 e. The molecule has 0 spiro atoms. The van der Waals surface area contributed by atoms with Gasteiger partial charge in [0.2, 0.25) is 0 Å². The van der Waals surface area contributed by atoms with E-state index in [1.165, 1.54) is 0 Å². The van der Waals surface area contributed by atoms with Crippen LogP contribution in [0.3, 0.4) is 0 Å². The minimum atomic E-state index is 0.238. The van der Waals surface area contributed by atoms with Crippen LogP contribution in [0, 0.1) is 5.92 Å². The molecule has 1 aliphatic heterocycles. The Morgan fingerprint density at radius 2 is 1.94 bits per heavy atom. The van der Waals surface area contributed by atoms with Gasteiger partial charge in [-0.2, -0.15) is 0 Å². The quantitative estimate of drug-likeness (QED) is 0.780. The summed E-state index contributed by atoms with van der Waals surface area (Å²) in [6, 6.07) is 0.499. The van der Waals surface area contributed by atoms with Crippen molar-refractivity contribution in [1.82, 2.24) is 4.90 Å². The molecule has 16 heavy (non-hydrogen) atoms. The lowest BCUT2D eigenvalue weighted by Gasteiger charge is -2.44. The zero-order valence-corrected chi connectivity index (χ0v) is 11.3. The van der Waals surface area contributed by atoms with Crippen LogP contribution in [-0.4, -0.2) is 43.3 Å². The van der Waals surface area contributed by atoms with Crippen LogP contribution in [0.1, 0.15) is 40.0 Å². The Morgan fingerprint density at radius 1 is 1.38 bits per heavy atom. The van der Waals surface area contributed by atoms with E-state index in [1.807, 2.05) is 0 Å². The van der Waals surface area contributed by atoms with Gasteiger partial charge in [0.15, 0.2) is 0 Å². The number of nitrogens with two attached hydrogens (primary N) is 1. The molecule has 0 aliphatic carbocycles. The molecule has 0 amide bonds. The van der Waals surface area contributed by atoms with Crippen LogP contribution >= 0.6 is 0 Å². The highest BCUT2D eigenvalue weighted by molar-refractivity contribution is 4.88. The molecule has 3 heteroatoms. The summed E-state index contributed by atoms with van der Waals surface area (Å²) in [5.74, 6) is 0.703. The van der Waals surface area contributed by atoms with E-state index >= 15 is 0 Å². The average Bonchev–Trinajstić information content (AvgIpc) is 2.31. The van der Waals surface area contributed by atoms with Crippen LogP contribution < -0.4 is 5.73 Å². The van der Waals surface area contributed by atoms with Gasteiger partial charge in [-0.1, -0.05) is 6.92 Å². The van der Waals surface area contributed by atoms with Gasteiger partial charge in [-0.3, -0.25) is 4.90 Å². The zero-order valence-electron chi connectivity index (χ0n) is 11.3. The molecule has 1 aliphatic rings. The summed E-state index contributed by atoms with van der Waals surface area (Å²) in [5.41, 5.74) is 6.21. The molecule has 1 fully saturated rings. The van der Waals surface area contributed by atoms with Crippen molar-refractivity contribution in [3.05, 3.63) is 0 Å². The Labute approximate surface area is 100 Å². The highest BCUT2D eigenvalue weighted by Gasteiger charge is 2.32. The first-order valence-corrected chi connectivity index (χ1v) is 6.53. The Balaban J connectivity index is 2.64. The zero-order chi connectivity index (χ0) is 12.2. The smallest absolute Gasteiger partial charge is 0.0469 e. The van der Waals surface area contributed by atoms with E-state index < -0.39 is 0 Å². The van der Waals surface area contributed by atoms with Gasteiger partial charge in [-0.05, 0) is 46.1 Å². The van der Waals surface area contributed by atoms with Gasteiger partial charge in [0, 0.05) is 31.3 Å². The molecule has 0 saturated carbocycles. The summed E-state index contributed by atoms with van der Waals surface area (Å²) >= 11 is 0. The molecular formula is C13H28N2O. The van der Waals surface area contributed by atoms with Crippen molar-refractivity contribution >= 4 is 0 Å². The van der Waals surface area contributed by atoms with Gasteiger partial charge >= 0.3 is 0 Å². The fourth-order valence-electron chi connectivity index (χ4n) is 2.47. The maximum absolute atomic E-state index is 5.97. The number of hydrogen-bond donors (Lipinski definition) is 1. The summed E-state index contributed by atoms with van der Waals surface area (Å²) in [5, 5.41) is 0. The van der Waals surface area contributed by atoms with E-state index in [2.05, 4.69) is 32.7 Å². The van der Waals surface area contributed by atoms with Crippen molar-refractivity contribution in [2.24, 2.45) is 11.7 Å². The van der Waals surface area contributed by atoms with Gasteiger partial charge in [-0.15, -0.1) is 0 Å². The molecule has 1 atom stereocenters. The first-order valence-electron chi connectivity index (χ1n) is 6.53. The highest BCUT2D eigenvalue weighted by Crippen LogP contribution is 2.27. The fourth-order valence-corrected chi connectivity index (χ4v) is 2.47. The van der Waals surface area contributed by atoms with Crippen molar-refractivity contribution in [1.29, 1.82) is 0 Å². The van der Waals surface area contributed by atoms with Crippen molar-refractivity contribution < 1.29 is 4.74 Å². The lowest BCUT2D eigenvalue weighted by molar-refractivity contribution is 0.00519. The molecule has 1 saturated heterocycles. The predicted molar refractivity (Wildman–Crippen MR) is 68.5 cm³/mol. The van der Waals surface area contributed by atoms with Crippen molar-refractivity contribution in [2.45, 2.75) is 51.6 Å². The molecule has 0 radical (unpaired) electrons. The highest BCUT2D eigenvalue weighted by atomic mass is 16.5. The van der Waals surface area contributed by atoms with Crippen LogP contribution in [0.5, 0.6) is 0 Å². The van der Waals surface area contributed by atoms with Crippen molar-refractivity contribution in [2.75, 3.05) is 26.8 Å². The normalized spacial score (nSPS) is 21.4. The molecule has 1 unspecified atom stereocenters. The standard InChI is InChI=1S/C13H28N2O/c1-5-13(2,3)15(4)12(10-14)11-6-8-16-9-7-11/h11-12H,5-10,14H2,1-4H3. The van der Waals surface area contributed by atoms with E-state index in [1.54, 1.807) is 0 Å². The van der Waals surface area contributed by atoms with Crippen LogP contribution in [0.15, 0.2) is 0 Å². The predicted octanol–water partition coefficient (Wildman–Crippen LogP) is 1.86. The molecule has 0 aromatic carbocycles. The maximum Gasteiger partial charge on any atom is 0.0469 e. The second-order valence-electron chi connectivity index (χ2n) is 5.53. The summed E-state index contributed by atoms with van der Waals surface area (Å²) in [6.07, 6.45) is 3.47. The van der Waals surface area contributed by atoms with E-state index in [4.69, 9.17) is 10.5 Å². The first kappa shape index (κ1) is 13.9. The average molecular weight is 228 g/mol. The number of likely N-dealkylation sites (N-methyl/N-ethyl adjacent to an activating group) is 1. The van der Waals surface area contributed by atoms with Crippen LogP contribution in [0.25, 0.3) is 0 Å². The Kier molecular flexibility index (Phi) is 5.22. The van der Waals surface area contributed by atoms with Crippen molar-refractivity contribution in [3.63, 3.8) is 0 Å². The lowest BCUT2D eigenvalue weighted by atomic mass is 9.87. The lowest BCUT2D eigenvalue weighted by Crippen LogP contribution is -2.53. The first-order chi connectivity index (χ1) is 7.53. The van der Waals surface area contributed by atoms with Crippen LogP contribution in [0.4, 0.5) is 0 Å². The summed E-state index contributed by atoms with van der Waals surface area (Å²) in [6.45, 7) is 9.41. The molecule has 0 aromatic heterocycles. The van der Waals surface area contributed by atoms with E-state index in [0.717, 1.165) is 39.0 Å². The van der Waals surface area contributed by atoms with E-state index in [9.17, 15) is 0 Å². The summed E-state index contributed by atoms with van der Waals surface area (Å²) < 4.78 is 5.43. The number of hydrogen-bond acceptors (Lipinski definition) is 3. The Hall–Kier alpha value is -0.120. The van der Waals surface area contributed by atoms with Crippen LogP contribution in [0.2, 0.25) is 0 Å². The maximum atomic E-state index is 5.97. The third-order valence-electron chi connectivity index (χ3n) is 4.37. The fraction of sp³-hybridized carbons (Fsp3) is 1.00. The number of ether oxygens (including phenoxy) is 1. The SMILES string of the molecule is CCC(C)(C)N(C)C(CN)C1CCOCC1. The van der Waals surface area contributed by atoms with E-state index in [-0.39, 0.29) is 5.54 Å². The molecule has 2 N–H and O–H groups in total. The third kappa shape index (κ3) is 3.19. The number of nitrogens with zero attached hydrogens (tertiary/aromatic N) is 1. The Bertz CT molecular complexity index is 200. The topological polar surface area (TPSA) is 38.5 Å². The minimum absolute atomic E-state index is 0.238. The van der Waals surface area contributed by atoms with Gasteiger partial charge in [0.05, 0.1) is 0 Å². The molecule has 1 heterocycles. The molecule has 0 aromatic rings. The van der Waals surface area contributed by atoms with Gasteiger partial charge in [0.1, 0.15) is 0 Å². The molecule has 96 valence electrons. The van der Waals surface area contributed by atoms with Gasteiger partial charge in [-0.25, -0.2) is 0 Å². The Morgan fingerprint density at radius 3 is 2.38 bits per heavy atom. The van der Waals surface area contributed by atoms with Gasteiger partial charge < -0.3 is 10.5 Å². The third-order valence-corrected chi connectivity index (χ3v) is 4.37. The van der Waals surface area contributed by atoms with E-state index in [0.29, 0.717) is 12.0 Å². The van der Waals surface area contributed by atoms with Gasteiger partial charge in [0.25, 0.3) is 0 Å². The van der Waals surface area contributed by atoms with Crippen molar-refractivity contribution in [3.8, 4) is 0 Å². The molecule has 1 rings (SSSR count). The monoisotopic (exact) mass is 228 g/mol. The summed E-state index contributed by atoms with van der Waals surface area (Å²) in [4.78, 5) is 2.48. The summed E-state index contributed by atoms with van der Waals surface area (Å²) in [7, 11) is 2.22. The second kappa shape index (κ2) is 5.99. The second-order valence-corrected chi connectivity index (χ2v) is 5.53. The molecule has 3 nitrogen and oxygen atoms in total. The molecule has 0 bridgehead atoms.